The Labute approximate surface area is 181 Å². The van der Waals surface area contributed by atoms with Crippen LogP contribution in [0, 0.1) is 0 Å². The molecule has 2 aromatic carbocycles. The minimum atomic E-state index is -1.02. The average Bonchev–Trinajstić information content (AvgIpc) is 2.76. The van der Waals surface area contributed by atoms with Crippen molar-refractivity contribution in [3.63, 3.8) is 0 Å². The molecular formula is C24H27NO6. The van der Waals surface area contributed by atoms with Gasteiger partial charge < -0.3 is 14.8 Å². The van der Waals surface area contributed by atoms with E-state index < -0.39 is 18.0 Å². The minimum absolute atomic E-state index is 0.0190. The van der Waals surface area contributed by atoms with Gasteiger partial charge in [0.05, 0.1) is 13.0 Å². The molecule has 0 aromatic heterocycles. The standard InChI is InChI=1S/C24H27NO6/c1-4-15-30-21-11-7-19(8-12-21)22(27)13-14-23(28)31-17(3)24(29)25-20-9-5-18(6-10-20)16(2)26/h5-12,17H,4,13-15H2,1-3H3,(H,25,29)/t17-/m0/s1. The molecule has 0 saturated carbocycles. The number of ether oxygens (including phenoxy) is 2. The molecule has 0 radical (unpaired) electrons. The molecule has 0 saturated heterocycles. The van der Waals surface area contributed by atoms with Gasteiger partial charge in [-0.3, -0.25) is 19.2 Å². The molecule has 1 N–H and O–H groups in total. The van der Waals surface area contributed by atoms with E-state index >= 15 is 0 Å². The van der Waals surface area contributed by atoms with E-state index in [1.165, 1.54) is 13.8 Å². The Morgan fingerprint density at radius 2 is 1.52 bits per heavy atom. The third-order valence-corrected chi connectivity index (χ3v) is 4.44. The smallest absolute Gasteiger partial charge is 0.307 e. The molecule has 0 spiro atoms. The summed E-state index contributed by atoms with van der Waals surface area (Å²) in [5, 5.41) is 2.62. The number of hydrogen-bond acceptors (Lipinski definition) is 6. The van der Waals surface area contributed by atoms with Gasteiger partial charge >= 0.3 is 5.97 Å². The normalized spacial score (nSPS) is 11.3. The van der Waals surface area contributed by atoms with Gasteiger partial charge in [0.1, 0.15) is 5.75 Å². The van der Waals surface area contributed by atoms with Crippen molar-refractivity contribution in [2.24, 2.45) is 0 Å². The van der Waals surface area contributed by atoms with Crippen LogP contribution in [0.2, 0.25) is 0 Å². The fraction of sp³-hybridized carbons (Fsp3) is 0.333. The largest absolute Gasteiger partial charge is 0.494 e. The molecule has 7 nitrogen and oxygen atoms in total. The molecule has 2 aromatic rings. The zero-order chi connectivity index (χ0) is 22.8. The SMILES string of the molecule is CCCOc1ccc(C(=O)CCC(=O)O[C@@H](C)C(=O)Nc2ccc(C(C)=O)cc2)cc1. The van der Waals surface area contributed by atoms with Gasteiger partial charge in [-0.1, -0.05) is 6.92 Å². The lowest BCUT2D eigenvalue weighted by atomic mass is 10.1. The highest BCUT2D eigenvalue weighted by Crippen LogP contribution is 2.15. The highest BCUT2D eigenvalue weighted by Gasteiger charge is 2.19. The van der Waals surface area contributed by atoms with Gasteiger partial charge in [0.25, 0.3) is 5.91 Å². The fourth-order valence-corrected chi connectivity index (χ4v) is 2.66. The third kappa shape index (κ3) is 7.70. The van der Waals surface area contributed by atoms with Crippen LogP contribution in [0.25, 0.3) is 0 Å². The van der Waals surface area contributed by atoms with Gasteiger partial charge in [-0.2, -0.15) is 0 Å². The Bertz CT molecular complexity index is 918. The van der Waals surface area contributed by atoms with E-state index in [0.717, 1.165) is 6.42 Å². The first kappa shape index (κ1) is 23.8. The van der Waals surface area contributed by atoms with Gasteiger partial charge in [-0.25, -0.2) is 0 Å². The van der Waals surface area contributed by atoms with E-state index in [1.807, 2.05) is 6.92 Å². The Kier molecular flexibility index (Phi) is 8.94. The summed E-state index contributed by atoms with van der Waals surface area (Å²) in [5.41, 5.74) is 1.50. The number of carbonyl (C=O) groups excluding carboxylic acids is 4. The van der Waals surface area contributed by atoms with Crippen LogP contribution >= 0.6 is 0 Å². The number of anilines is 1. The predicted molar refractivity (Wildman–Crippen MR) is 116 cm³/mol. The minimum Gasteiger partial charge on any atom is -0.494 e. The highest BCUT2D eigenvalue weighted by atomic mass is 16.5. The molecule has 7 heteroatoms. The lowest BCUT2D eigenvalue weighted by molar-refractivity contribution is -0.153. The molecule has 0 aliphatic rings. The van der Waals surface area contributed by atoms with E-state index in [1.54, 1.807) is 48.5 Å². The number of Topliss-reactive ketones (excluding diaryl/α,β-unsaturated/α-hetero) is 2. The van der Waals surface area contributed by atoms with Gasteiger partial charge in [0.2, 0.25) is 0 Å². The predicted octanol–water partition coefficient (Wildman–Crippen LogP) is 4.21. The summed E-state index contributed by atoms with van der Waals surface area (Å²) < 4.78 is 10.6. The van der Waals surface area contributed by atoms with E-state index in [4.69, 9.17) is 9.47 Å². The lowest BCUT2D eigenvalue weighted by Crippen LogP contribution is -2.30. The maximum absolute atomic E-state index is 12.3. The number of hydrogen-bond donors (Lipinski definition) is 1. The van der Waals surface area contributed by atoms with Crippen LogP contribution in [0.4, 0.5) is 5.69 Å². The maximum Gasteiger partial charge on any atom is 0.307 e. The molecule has 2 rings (SSSR count). The van der Waals surface area contributed by atoms with Crippen LogP contribution in [0.1, 0.15) is 60.7 Å². The van der Waals surface area contributed by atoms with E-state index in [-0.39, 0.29) is 24.4 Å². The molecule has 0 unspecified atom stereocenters. The molecule has 0 fully saturated rings. The first-order valence-electron chi connectivity index (χ1n) is 10.2. The van der Waals surface area contributed by atoms with E-state index in [9.17, 15) is 19.2 Å². The molecule has 0 heterocycles. The number of nitrogens with one attached hydrogen (secondary N) is 1. The third-order valence-electron chi connectivity index (χ3n) is 4.44. The Hall–Kier alpha value is -3.48. The monoisotopic (exact) mass is 425 g/mol. The van der Waals surface area contributed by atoms with Crippen LogP contribution in [-0.2, 0) is 14.3 Å². The molecular weight excluding hydrogens is 398 g/mol. The van der Waals surface area contributed by atoms with Gasteiger partial charge in [0, 0.05) is 23.2 Å². The van der Waals surface area contributed by atoms with Crippen molar-refractivity contribution >= 4 is 29.1 Å². The second-order valence-corrected chi connectivity index (χ2v) is 7.05. The number of rotatable bonds is 11. The Morgan fingerprint density at radius 3 is 2.10 bits per heavy atom. The average molecular weight is 425 g/mol. The van der Waals surface area contributed by atoms with Crippen molar-refractivity contribution in [2.75, 3.05) is 11.9 Å². The Balaban J connectivity index is 1.78. The number of carbonyl (C=O) groups is 4. The van der Waals surface area contributed by atoms with Crippen molar-refractivity contribution in [1.82, 2.24) is 0 Å². The topological polar surface area (TPSA) is 98.8 Å². The zero-order valence-electron chi connectivity index (χ0n) is 18.0. The van der Waals surface area contributed by atoms with Crippen LogP contribution in [0.3, 0.4) is 0 Å². The second-order valence-electron chi connectivity index (χ2n) is 7.05. The summed E-state index contributed by atoms with van der Waals surface area (Å²) in [4.78, 5) is 47.8. The van der Waals surface area contributed by atoms with Gasteiger partial charge in [0.15, 0.2) is 17.7 Å². The van der Waals surface area contributed by atoms with Gasteiger partial charge in [-0.15, -0.1) is 0 Å². The summed E-state index contributed by atoms with van der Waals surface area (Å²) in [6, 6.07) is 13.2. The zero-order valence-corrected chi connectivity index (χ0v) is 18.0. The summed E-state index contributed by atoms with van der Waals surface area (Å²) in [6.07, 6.45) is -0.275. The summed E-state index contributed by atoms with van der Waals surface area (Å²) >= 11 is 0. The molecule has 1 atom stereocenters. The van der Waals surface area contributed by atoms with Crippen LogP contribution in [0.5, 0.6) is 5.75 Å². The molecule has 164 valence electrons. The van der Waals surface area contributed by atoms with Crippen molar-refractivity contribution in [3.8, 4) is 5.75 Å². The molecule has 0 bridgehead atoms. The van der Waals surface area contributed by atoms with Crippen molar-refractivity contribution in [1.29, 1.82) is 0 Å². The molecule has 0 aliphatic heterocycles. The maximum atomic E-state index is 12.3. The fourth-order valence-electron chi connectivity index (χ4n) is 2.66. The molecule has 0 aliphatic carbocycles. The van der Waals surface area contributed by atoms with Crippen LogP contribution in [-0.4, -0.2) is 36.2 Å². The lowest BCUT2D eigenvalue weighted by Gasteiger charge is -2.13. The van der Waals surface area contributed by atoms with Crippen molar-refractivity contribution in [2.45, 2.75) is 46.1 Å². The van der Waals surface area contributed by atoms with E-state index in [0.29, 0.717) is 29.2 Å². The first-order valence-corrected chi connectivity index (χ1v) is 10.2. The van der Waals surface area contributed by atoms with E-state index in [2.05, 4.69) is 5.32 Å². The Morgan fingerprint density at radius 1 is 0.903 bits per heavy atom. The van der Waals surface area contributed by atoms with Crippen molar-refractivity contribution in [3.05, 3.63) is 59.7 Å². The quantitative estimate of drug-likeness (QED) is 0.428. The first-order chi connectivity index (χ1) is 14.8. The number of esters is 1. The second kappa shape index (κ2) is 11.6. The van der Waals surface area contributed by atoms with Crippen molar-refractivity contribution < 1.29 is 28.7 Å². The summed E-state index contributed by atoms with van der Waals surface area (Å²) in [6.45, 7) is 5.52. The molecule has 31 heavy (non-hydrogen) atoms. The summed E-state index contributed by atoms with van der Waals surface area (Å²) in [5.74, 6) is -0.713. The number of amides is 1. The highest BCUT2D eigenvalue weighted by molar-refractivity contribution is 5.99. The summed E-state index contributed by atoms with van der Waals surface area (Å²) in [7, 11) is 0. The van der Waals surface area contributed by atoms with Crippen LogP contribution < -0.4 is 10.1 Å². The number of ketones is 2. The van der Waals surface area contributed by atoms with Crippen LogP contribution in [0.15, 0.2) is 48.5 Å². The number of benzene rings is 2. The molecule has 1 amide bonds. The van der Waals surface area contributed by atoms with Gasteiger partial charge in [-0.05, 0) is 68.8 Å².